The molecular formula is C25H21F3N2O. The quantitative estimate of drug-likeness (QED) is 0.368. The van der Waals surface area contributed by atoms with Gasteiger partial charge in [0.2, 0.25) is 5.91 Å². The SMILES string of the molecule is Cc1ccc(NC(=O)CCc2cccc(-c3ccc4[nH]ccc4c3)c2)cc1C(F)(F)F. The fraction of sp³-hybridized carbons (Fsp3) is 0.160. The van der Waals surface area contributed by atoms with Crippen molar-refractivity contribution in [1.82, 2.24) is 4.98 Å². The summed E-state index contributed by atoms with van der Waals surface area (Å²) in [6, 6.07) is 20.0. The van der Waals surface area contributed by atoms with Crippen LogP contribution in [0.5, 0.6) is 0 Å². The Kier molecular flexibility index (Phi) is 5.55. The number of amides is 1. The Morgan fingerprint density at radius 1 is 0.968 bits per heavy atom. The van der Waals surface area contributed by atoms with E-state index in [4.69, 9.17) is 0 Å². The first-order valence-corrected chi connectivity index (χ1v) is 9.94. The molecule has 0 unspecified atom stereocenters. The van der Waals surface area contributed by atoms with Crippen LogP contribution in [0.3, 0.4) is 0 Å². The van der Waals surface area contributed by atoms with Gasteiger partial charge in [-0.1, -0.05) is 36.4 Å². The van der Waals surface area contributed by atoms with E-state index in [1.165, 1.54) is 19.1 Å². The van der Waals surface area contributed by atoms with Crippen LogP contribution in [0, 0.1) is 6.92 Å². The molecule has 0 fully saturated rings. The Morgan fingerprint density at radius 2 is 1.77 bits per heavy atom. The van der Waals surface area contributed by atoms with Gasteiger partial charge in [-0.25, -0.2) is 0 Å². The molecule has 0 aliphatic carbocycles. The van der Waals surface area contributed by atoms with E-state index < -0.39 is 11.7 Å². The minimum absolute atomic E-state index is 0.125. The lowest BCUT2D eigenvalue weighted by molar-refractivity contribution is -0.138. The number of carbonyl (C=O) groups excluding carboxylic acids is 1. The lowest BCUT2D eigenvalue weighted by atomic mass is 10.00. The van der Waals surface area contributed by atoms with Crippen LogP contribution in [-0.4, -0.2) is 10.9 Å². The second-order valence-corrected chi connectivity index (χ2v) is 7.56. The summed E-state index contributed by atoms with van der Waals surface area (Å²) in [7, 11) is 0. The van der Waals surface area contributed by atoms with Crippen molar-refractivity contribution in [2.24, 2.45) is 0 Å². The topological polar surface area (TPSA) is 44.9 Å². The molecule has 0 aliphatic rings. The number of carbonyl (C=O) groups is 1. The van der Waals surface area contributed by atoms with Crippen LogP contribution in [0.1, 0.15) is 23.1 Å². The number of fused-ring (bicyclic) bond motifs is 1. The molecule has 31 heavy (non-hydrogen) atoms. The zero-order valence-electron chi connectivity index (χ0n) is 16.9. The number of anilines is 1. The zero-order valence-corrected chi connectivity index (χ0v) is 16.9. The van der Waals surface area contributed by atoms with E-state index in [1.54, 1.807) is 0 Å². The average molecular weight is 422 g/mol. The smallest absolute Gasteiger partial charge is 0.361 e. The predicted octanol–water partition coefficient (Wildman–Crippen LogP) is 6.73. The summed E-state index contributed by atoms with van der Waals surface area (Å²) in [5.41, 5.74) is 3.73. The fourth-order valence-electron chi connectivity index (χ4n) is 3.63. The van der Waals surface area contributed by atoms with Crippen molar-refractivity contribution in [3.8, 4) is 11.1 Å². The Bertz CT molecular complexity index is 1240. The largest absolute Gasteiger partial charge is 0.416 e. The summed E-state index contributed by atoms with van der Waals surface area (Å²) in [4.78, 5) is 15.5. The number of aromatic amines is 1. The van der Waals surface area contributed by atoms with Gasteiger partial charge in [0.05, 0.1) is 5.56 Å². The molecule has 158 valence electrons. The van der Waals surface area contributed by atoms with Crippen molar-refractivity contribution in [2.75, 3.05) is 5.32 Å². The highest BCUT2D eigenvalue weighted by atomic mass is 19.4. The number of aryl methyl sites for hydroxylation is 2. The molecule has 0 spiro atoms. The molecule has 3 nitrogen and oxygen atoms in total. The maximum atomic E-state index is 13.1. The van der Waals surface area contributed by atoms with Gasteiger partial charge in [-0.3, -0.25) is 4.79 Å². The van der Waals surface area contributed by atoms with Crippen molar-refractivity contribution in [3.05, 3.63) is 89.6 Å². The van der Waals surface area contributed by atoms with Crippen molar-refractivity contribution in [1.29, 1.82) is 0 Å². The first-order valence-electron chi connectivity index (χ1n) is 9.94. The molecule has 0 saturated carbocycles. The van der Waals surface area contributed by atoms with Gasteiger partial charge >= 0.3 is 6.18 Å². The maximum Gasteiger partial charge on any atom is 0.416 e. The highest BCUT2D eigenvalue weighted by Gasteiger charge is 2.32. The van der Waals surface area contributed by atoms with Crippen LogP contribution < -0.4 is 5.32 Å². The molecular weight excluding hydrogens is 401 g/mol. The van der Waals surface area contributed by atoms with E-state index in [0.717, 1.165) is 33.7 Å². The lowest BCUT2D eigenvalue weighted by Gasteiger charge is -2.13. The Labute approximate surface area is 177 Å². The summed E-state index contributed by atoms with van der Waals surface area (Å²) in [6.45, 7) is 1.40. The van der Waals surface area contributed by atoms with Gasteiger partial charge in [0.25, 0.3) is 0 Å². The molecule has 0 radical (unpaired) electrons. The molecule has 1 amide bonds. The number of hydrogen-bond acceptors (Lipinski definition) is 1. The maximum absolute atomic E-state index is 13.1. The van der Waals surface area contributed by atoms with Crippen molar-refractivity contribution >= 4 is 22.5 Å². The summed E-state index contributed by atoms with van der Waals surface area (Å²) < 4.78 is 39.2. The van der Waals surface area contributed by atoms with Crippen LogP contribution in [0.25, 0.3) is 22.0 Å². The number of H-pyrrole nitrogens is 1. The van der Waals surface area contributed by atoms with Crippen molar-refractivity contribution in [2.45, 2.75) is 25.9 Å². The van der Waals surface area contributed by atoms with E-state index in [2.05, 4.69) is 16.4 Å². The molecule has 4 aromatic rings. The van der Waals surface area contributed by atoms with Crippen LogP contribution in [0.15, 0.2) is 72.9 Å². The number of rotatable bonds is 5. The number of benzene rings is 3. The molecule has 4 rings (SSSR count). The molecule has 1 aromatic heterocycles. The van der Waals surface area contributed by atoms with Crippen LogP contribution in [0.2, 0.25) is 0 Å². The highest BCUT2D eigenvalue weighted by molar-refractivity contribution is 5.91. The van der Waals surface area contributed by atoms with Gasteiger partial charge < -0.3 is 10.3 Å². The third kappa shape index (κ3) is 4.79. The van der Waals surface area contributed by atoms with E-state index in [-0.39, 0.29) is 23.6 Å². The van der Waals surface area contributed by atoms with Gasteiger partial charge in [0.15, 0.2) is 0 Å². The van der Waals surface area contributed by atoms with Gasteiger partial charge in [-0.05, 0) is 71.3 Å². The number of alkyl halides is 3. The third-order valence-corrected chi connectivity index (χ3v) is 5.28. The Hall–Kier alpha value is -3.54. The number of nitrogens with one attached hydrogen (secondary N) is 2. The number of hydrogen-bond donors (Lipinski definition) is 2. The third-order valence-electron chi connectivity index (χ3n) is 5.28. The number of halogens is 3. The summed E-state index contributed by atoms with van der Waals surface area (Å²) in [5, 5.41) is 3.70. The van der Waals surface area contributed by atoms with E-state index in [9.17, 15) is 18.0 Å². The molecule has 2 N–H and O–H groups in total. The van der Waals surface area contributed by atoms with Gasteiger partial charge in [0, 0.05) is 23.8 Å². The summed E-state index contributed by atoms with van der Waals surface area (Å²) in [6.07, 6.45) is -1.89. The zero-order chi connectivity index (χ0) is 22.0. The van der Waals surface area contributed by atoms with Crippen molar-refractivity contribution < 1.29 is 18.0 Å². The first-order chi connectivity index (χ1) is 14.8. The standard InChI is InChI=1S/C25H21F3N2O/c1-16-5-8-21(15-22(16)25(26,27)28)30-24(31)10-6-17-3-2-4-18(13-17)19-7-9-23-20(14-19)11-12-29-23/h2-5,7-9,11-15,29H,6,10H2,1H3,(H,30,31). The van der Waals surface area contributed by atoms with Gasteiger partial charge in [0.1, 0.15) is 0 Å². The number of aromatic nitrogens is 1. The lowest BCUT2D eigenvalue weighted by Crippen LogP contribution is -2.14. The normalized spacial score (nSPS) is 11.6. The molecule has 3 aromatic carbocycles. The minimum atomic E-state index is -4.45. The second-order valence-electron chi connectivity index (χ2n) is 7.56. The van der Waals surface area contributed by atoms with Crippen LogP contribution >= 0.6 is 0 Å². The van der Waals surface area contributed by atoms with Crippen LogP contribution in [-0.2, 0) is 17.4 Å². The Balaban J connectivity index is 1.42. The average Bonchev–Trinajstić information content (AvgIpc) is 3.21. The van der Waals surface area contributed by atoms with Gasteiger partial charge in [-0.15, -0.1) is 0 Å². The molecule has 6 heteroatoms. The molecule has 0 aliphatic heterocycles. The highest BCUT2D eigenvalue weighted by Crippen LogP contribution is 2.33. The van der Waals surface area contributed by atoms with Crippen molar-refractivity contribution in [3.63, 3.8) is 0 Å². The van der Waals surface area contributed by atoms with E-state index >= 15 is 0 Å². The van der Waals surface area contributed by atoms with Gasteiger partial charge in [-0.2, -0.15) is 13.2 Å². The molecule has 0 bridgehead atoms. The molecule has 1 heterocycles. The fourth-order valence-corrected chi connectivity index (χ4v) is 3.63. The van der Waals surface area contributed by atoms with E-state index in [0.29, 0.717) is 6.42 Å². The predicted molar refractivity (Wildman–Crippen MR) is 117 cm³/mol. The second kappa shape index (κ2) is 8.30. The van der Waals surface area contributed by atoms with E-state index in [1.807, 2.05) is 48.7 Å². The molecule has 0 saturated heterocycles. The summed E-state index contributed by atoms with van der Waals surface area (Å²) >= 11 is 0. The minimum Gasteiger partial charge on any atom is -0.361 e. The molecule has 0 atom stereocenters. The monoisotopic (exact) mass is 422 g/mol. The first kappa shape index (κ1) is 20.7. The summed E-state index contributed by atoms with van der Waals surface area (Å²) in [5.74, 6) is -0.323. The Morgan fingerprint density at radius 3 is 2.58 bits per heavy atom. The van der Waals surface area contributed by atoms with Crippen LogP contribution in [0.4, 0.5) is 18.9 Å².